The molecular weight excluding hydrogens is 352 g/mol. The number of aliphatic carboxylic acids is 1. The summed E-state index contributed by atoms with van der Waals surface area (Å²) in [4.78, 5) is 13.6. The summed E-state index contributed by atoms with van der Waals surface area (Å²) >= 11 is 5.99. The molecule has 0 aliphatic carbocycles. The standard InChI is InChI=1S/C19H29ClN4O2/c1-19(2,3)14-7-13(18(25)26)9-23(10-14)11-16(21)12-24(22)17-6-4-5-15(20)8-17/h4-6,8,12-14H,7,9-11,21-22H2,1-3H3,(H,25,26)/b16-12-. The molecule has 0 radical (unpaired) electrons. The van der Waals surface area contributed by atoms with E-state index in [0.29, 0.717) is 36.1 Å². The molecule has 2 unspecified atom stereocenters. The SMILES string of the molecule is CC(C)(C)C1CC(C(=O)O)CN(C/C(N)=C/N(N)c2cccc(Cl)c2)C1. The van der Waals surface area contributed by atoms with Crippen LogP contribution >= 0.6 is 11.6 Å². The van der Waals surface area contributed by atoms with Gasteiger partial charge in [-0.2, -0.15) is 0 Å². The van der Waals surface area contributed by atoms with E-state index in [0.717, 1.165) is 12.2 Å². The van der Waals surface area contributed by atoms with E-state index in [2.05, 4.69) is 25.7 Å². The average Bonchev–Trinajstić information content (AvgIpc) is 2.53. The third kappa shape index (κ3) is 5.62. The van der Waals surface area contributed by atoms with Crippen molar-refractivity contribution in [3.63, 3.8) is 0 Å². The molecule has 0 bridgehead atoms. The third-order valence-electron chi connectivity index (χ3n) is 4.92. The lowest BCUT2D eigenvalue weighted by Crippen LogP contribution is -2.48. The quantitative estimate of drug-likeness (QED) is 0.537. The molecule has 1 aliphatic heterocycles. The second-order valence-electron chi connectivity index (χ2n) is 8.12. The summed E-state index contributed by atoms with van der Waals surface area (Å²) in [6, 6.07) is 7.19. The van der Waals surface area contributed by atoms with Crippen LogP contribution in [0.2, 0.25) is 5.02 Å². The fourth-order valence-electron chi connectivity index (χ4n) is 3.31. The zero-order valence-electron chi connectivity index (χ0n) is 15.7. The monoisotopic (exact) mass is 380 g/mol. The van der Waals surface area contributed by atoms with E-state index < -0.39 is 5.97 Å². The number of halogens is 1. The van der Waals surface area contributed by atoms with E-state index in [1.165, 1.54) is 5.01 Å². The maximum atomic E-state index is 11.5. The fourth-order valence-corrected chi connectivity index (χ4v) is 3.50. The van der Waals surface area contributed by atoms with Gasteiger partial charge >= 0.3 is 5.97 Å². The van der Waals surface area contributed by atoms with Crippen molar-refractivity contribution < 1.29 is 9.90 Å². The van der Waals surface area contributed by atoms with E-state index in [1.54, 1.807) is 18.3 Å². The normalized spacial score (nSPS) is 22.3. The number of nitrogens with two attached hydrogens (primary N) is 2. The van der Waals surface area contributed by atoms with Crippen LogP contribution in [0.25, 0.3) is 0 Å². The lowest BCUT2D eigenvalue weighted by Gasteiger charge is -2.42. The molecule has 26 heavy (non-hydrogen) atoms. The molecule has 1 fully saturated rings. The number of carboxylic acids is 1. The minimum absolute atomic E-state index is 0.0472. The number of benzene rings is 1. The van der Waals surface area contributed by atoms with Gasteiger partial charge in [0, 0.05) is 36.6 Å². The minimum Gasteiger partial charge on any atom is -0.481 e. The molecule has 5 N–H and O–H groups in total. The highest BCUT2D eigenvalue weighted by molar-refractivity contribution is 6.30. The summed E-state index contributed by atoms with van der Waals surface area (Å²) < 4.78 is 0. The van der Waals surface area contributed by atoms with Gasteiger partial charge in [-0.15, -0.1) is 0 Å². The predicted octanol–water partition coefficient (Wildman–Crippen LogP) is 2.89. The molecule has 1 saturated heterocycles. The number of piperidine rings is 1. The number of nitrogens with zero attached hydrogens (tertiary/aromatic N) is 2. The van der Waals surface area contributed by atoms with E-state index in [1.807, 2.05) is 12.1 Å². The summed E-state index contributed by atoms with van der Waals surface area (Å²) in [7, 11) is 0. The predicted molar refractivity (Wildman–Crippen MR) is 106 cm³/mol. The second kappa shape index (κ2) is 8.29. The highest BCUT2D eigenvalue weighted by Gasteiger charge is 2.37. The number of likely N-dealkylation sites (tertiary alicyclic amines) is 1. The Labute approximate surface area is 160 Å². The first-order valence-electron chi connectivity index (χ1n) is 8.77. The van der Waals surface area contributed by atoms with Crippen LogP contribution in [0.15, 0.2) is 36.2 Å². The maximum Gasteiger partial charge on any atom is 0.307 e. The lowest BCUT2D eigenvalue weighted by molar-refractivity contribution is -0.145. The first-order valence-corrected chi connectivity index (χ1v) is 9.15. The summed E-state index contributed by atoms with van der Waals surface area (Å²) in [5, 5.41) is 11.5. The molecule has 144 valence electrons. The van der Waals surface area contributed by atoms with Gasteiger partial charge in [0.2, 0.25) is 0 Å². The number of rotatable bonds is 5. The van der Waals surface area contributed by atoms with Crippen molar-refractivity contribution in [2.75, 3.05) is 24.6 Å². The van der Waals surface area contributed by atoms with Crippen LogP contribution < -0.4 is 16.6 Å². The van der Waals surface area contributed by atoms with Gasteiger partial charge in [-0.05, 0) is 36.0 Å². The van der Waals surface area contributed by atoms with Crippen LogP contribution in [-0.2, 0) is 4.79 Å². The smallest absolute Gasteiger partial charge is 0.307 e. The Morgan fingerprint density at radius 1 is 1.42 bits per heavy atom. The van der Waals surface area contributed by atoms with E-state index in [9.17, 15) is 9.90 Å². The Morgan fingerprint density at radius 3 is 2.69 bits per heavy atom. The van der Waals surface area contributed by atoms with Crippen molar-refractivity contribution >= 4 is 23.3 Å². The number of carbonyl (C=O) groups is 1. The number of carboxylic acid groups (broad SMARTS) is 1. The molecule has 0 spiro atoms. The molecule has 2 atom stereocenters. The van der Waals surface area contributed by atoms with Crippen LogP contribution in [0.4, 0.5) is 5.69 Å². The largest absolute Gasteiger partial charge is 0.481 e. The number of hydrazine groups is 1. The van der Waals surface area contributed by atoms with Crippen molar-refractivity contribution in [3.8, 4) is 0 Å². The van der Waals surface area contributed by atoms with Crippen LogP contribution in [0, 0.1) is 17.3 Å². The van der Waals surface area contributed by atoms with E-state index in [4.69, 9.17) is 23.2 Å². The van der Waals surface area contributed by atoms with Crippen molar-refractivity contribution in [1.29, 1.82) is 0 Å². The summed E-state index contributed by atoms with van der Waals surface area (Å²) in [5.41, 5.74) is 7.53. The van der Waals surface area contributed by atoms with Gasteiger partial charge in [-0.25, -0.2) is 5.84 Å². The summed E-state index contributed by atoms with van der Waals surface area (Å²) in [6.07, 6.45) is 2.35. The number of hydrogen-bond acceptors (Lipinski definition) is 5. The van der Waals surface area contributed by atoms with Crippen molar-refractivity contribution in [3.05, 3.63) is 41.2 Å². The highest BCUT2D eigenvalue weighted by Crippen LogP contribution is 2.35. The lowest BCUT2D eigenvalue weighted by atomic mass is 9.73. The Bertz CT molecular complexity index is 672. The van der Waals surface area contributed by atoms with Gasteiger partial charge in [0.25, 0.3) is 0 Å². The van der Waals surface area contributed by atoms with Crippen LogP contribution in [-0.4, -0.2) is 35.6 Å². The third-order valence-corrected chi connectivity index (χ3v) is 5.15. The van der Waals surface area contributed by atoms with Crippen LogP contribution in [0.5, 0.6) is 0 Å². The zero-order chi connectivity index (χ0) is 19.5. The topological polar surface area (TPSA) is 95.8 Å². The Morgan fingerprint density at radius 2 is 2.12 bits per heavy atom. The fraction of sp³-hybridized carbons (Fsp3) is 0.526. The van der Waals surface area contributed by atoms with E-state index >= 15 is 0 Å². The van der Waals surface area contributed by atoms with Crippen molar-refractivity contribution in [1.82, 2.24) is 4.90 Å². The molecule has 7 heteroatoms. The minimum atomic E-state index is -0.745. The molecule has 6 nitrogen and oxygen atoms in total. The molecular formula is C19H29ClN4O2. The van der Waals surface area contributed by atoms with Gasteiger partial charge < -0.3 is 10.8 Å². The Kier molecular flexibility index (Phi) is 6.55. The molecule has 0 aromatic heterocycles. The van der Waals surface area contributed by atoms with Crippen LogP contribution in [0.3, 0.4) is 0 Å². The van der Waals surface area contributed by atoms with Gasteiger partial charge in [0.1, 0.15) is 0 Å². The summed E-state index contributed by atoms with van der Waals surface area (Å²) in [6.45, 7) is 8.26. The molecule has 1 heterocycles. The number of hydrogen-bond donors (Lipinski definition) is 3. The van der Waals surface area contributed by atoms with Gasteiger partial charge in [-0.3, -0.25) is 14.7 Å². The molecule has 2 rings (SSSR count). The maximum absolute atomic E-state index is 11.5. The first-order chi connectivity index (χ1) is 12.1. The highest BCUT2D eigenvalue weighted by atomic mass is 35.5. The van der Waals surface area contributed by atoms with Crippen molar-refractivity contribution in [2.24, 2.45) is 28.8 Å². The Balaban J connectivity index is 2.08. The molecule has 1 aromatic carbocycles. The van der Waals surface area contributed by atoms with Gasteiger partial charge in [0.05, 0.1) is 11.6 Å². The van der Waals surface area contributed by atoms with Crippen LogP contribution in [0.1, 0.15) is 27.2 Å². The molecule has 0 saturated carbocycles. The molecule has 0 amide bonds. The van der Waals surface area contributed by atoms with Crippen molar-refractivity contribution in [2.45, 2.75) is 27.2 Å². The Hall–Kier alpha value is -1.76. The first kappa shape index (κ1) is 20.6. The van der Waals surface area contributed by atoms with Gasteiger partial charge in [0.15, 0.2) is 0 Å². The number of anilines is 1. The van der Waals surface area contributed by atoms with Gasteiger partial charge in [-0.1, -0.05) is 38.4 Å². The summed E-state index contributed by atoms with van der Waals surface area (Å²) in [5.74, 6) is 5.23. The zero-order valence-corrected chi connectivity index (χ0v) is 16.4. The average molecular weight is 381 g/mol. The molecule has 1 aliphatic rings. The molecule has 1 aromatic rings. The van der Waals surface area contributed by atoms with E-state index in [-0.39, 0.29) is 11.3 Å². The second-order valence-corrected chi connectivity index (χ2v) is 8.56.